The van der Waals surface area contributed by atoms with Crippen molar-refractivity contribution in [2.24, 2.45) is 17.8 Å². The Kier molecular flexibility index (Phi) is 1.55. The zero-order valence-electron chi connectivity index (χ0n) is 8.36. The van der Waals surface area contributed by atoms with Gasteiger partial charge in [-0.3, -0.25) is 4.79 Å². The van der Waals surface area contributed by atoms with Gasteiger partial charge in [-0.15, -0.1) is 0 Å². The summed E-state index contributed by atoms with van der Waals surface area (Å²) in [6.07, 6.45) is 1.79. The van der Waals surface area contributed by atoms with Crippen LogP contribution in [0.5, 0.6) is 0 Å². The van der Waals surface area contributed by atoms with Crippen LogP contribution in [0.25, 0.3) is 0 Å². The van der Waals surface area contributed by atoms with Crippen molar-refractivity contribution >= 4 is 5.97 Å². The number of hydrogen-bond donors (Lipinski definition) is 0. The highest BCUT2D eigenvalue weighted by molar-refractivity contribution is 5.77. The van der Waals surface area contributed by atoms with Crippen molar-refractivity contribution in [2.45, 2.75) is 24.7 Å². The van der Waals surface area contributed by atoms with Crippen LogP contribution in [0.1, 0.15) is 12.8 Å². The number of esters is 1. The molecule has 3 rings (SSSR count). The van der Waals surface area contributed by atoms with Crippen molar-refractivity contribution in [3.05, 3.63) is 0 Å². The molecule has 0 aromatic heterocycles. The molecule has 4 heteroatoms. The van der Waals surface area contributed by atoms with E-state index in [1.165, 1.54) is 0 Å². The predicted octanol–water partition coefficient (Wildman–Crippen LogP) is 0.557. The fourth-order valence-electron chi connectivity index (χ4n) is 3.67. The van der Waals surface area contributed by atoms with Gasteiger partial charge in [-0.1, -0.05) is 0 Å². The first-order valence-electron chi connectivity index (χ1n) is 5.03. The summed E-state index contributed by atoms with van der Waals surface area (Å²) in [5.74, 6) is -0.155. The smallest absolute Gasteiger partial charge is 0.309 e. The summed E-state index contributed by atoms with van der Waals surface area (Å²) in [6.45, 7) is 0. The maximum Gasteiger partial charge on any atom is 0.309 e. The van der Waals surface area contributed by atoms with E-state index in [9.17, 15) is 4.79 Å². The van der Waals surface area contributed by atoms with Crippen LogP contribution in [0.4, 0.5) is 0 Å². The van der Waals surface area contributed by atoms with Crippen LogP contribution < -0.4 is 0 Å². The quantitative estimate of drug-likeness (QED) is 0.480. The first-order chi connectivity index (χ1) is 6.73. The number of methoxy groups -OCH3 is 2. The third-order valence-corrected chi connectivity index (χ3v) is 4.13. The molecule has 4 atom stereocenters. The molecule has 1 aliphatic heterocycles. The molecular formula is C10H14O4. The average Bonchev–Trinajstić information content (AvgIpc) is 2.72. The van der Waals surface area contributed by atoms with Gasteiger partial charge in [0.2, 0.25) is 0 Å². The fourth-order valence-corrected chi connectivity index (χ4v) is 3.67. The Labute approximate surface area is 82.5 Å². The first-order valence-corrected chi connectivity index (χ1v) is 5.03. The van der Waals surface area contributed by atoms with Gasteiger partial charge >= 0.3 is 5.97 Å². The molecule has 0 aromatic carbocycles. The summed E-state index contributed by atoms with van der Waals surface area (Å²) in [5, 5.41) is 0. The molecule has 0 N–H and O–H groups in total. The molecule has 3 fully saturated rings. The van der Waals surface area contributed by atoms with E-state index in [0.29, 0.717) is 5.92 Å². The minimum atomic E-state index is -0.554. The molecule has 2 bridgehead atoms. The van der Waals surface area contributed by atoms with E-state index in [-0.39, 0.29) is 23.9 Å². The lowest BCUT2D eigenvalue weighted by molar-refractivity contribution is -0.238. The molecule has 1 saturated heterocycles. The monoisotopic (exact) mass is 198 g/mol. The van der Waals surface area contributed by atoms with Gasteiger partial charge in [0.05, 0.1) is 11.8 Å². The topological polar surface area (TPSA) is 44.8 Å². The molecule has 2 aliphatic carbocycles. The Morgan fingerprint density at radius 2 is 2.07 bits per heavy atom. The molecule has 0 unspecified atom stereocenters. The van der Waals surface area contributed by atoms with Gasteiger partial charge in [0.1, 0.15) is 6.10 Å². The molecule has 1 heterocycles. The predicted molar refractivity (Wildman–Crippen MR) is 46.3 cm³/mol. The number of rotatable bonds is 2. The molecule has 14 heavy (non-hydrogen) atoms. The summed E-state index contributed by atoms with van der Waals surface area (Å²) in [6, 6.07) is 0. The number of ether oxygens (including phenoxy) is 3. The van der Waals surface area contributed by atoms with Crippen molar-refractivity contribution in [1.29, 1.82) is 0 Å². The van der Waals surface area contributed by atoms with Crippen LogP contribution in [0.15, 0.2) is 0 Å². The maximum atomic E-state index is 11.5. The van der Waals surface area contributed by atoms with Gasteiger partial charge in [0.15, 0.2) is 5.79 Å². The van der Waals surface area contributed by atoms with E-state index in [4.69, 9.17) is 14.2 Å². The van der Waals surface area contributed by atoms with Crippen LogP contribution in [-0.4, -0.2) is 32.1 Å². The first kappa shape index (κ1) is 8.68. The molecule has 2 saturated carbocycles. The molecule has 78 valence electrons. The van der Waals surface area contributed by atoms with Crippen molar-refractivity contribution < 1.29 is 19.0 Å². The number of carbonyl (C=O) groups excluding carboxylic acids is 1. The van der Waals surface area contributed by atoms with Gasteiger partial charge in [-0.25, -0.2) is 0 Å². The SMILES string of the molecule is COC1(OC)[C@H]2C[C@H]3OC(=O)[C@H](C2)[C@H]31. The second-order valence-corrected chi connectivity index (χ2v) is 4.41. The van der Waals surface area contributed by atoms with Crippen molar-refractivity contribution in [3.63, 3.8) is 0 Å². The summed E-state index contributed by atoms with van der Waals surface area (Å²) < 4.78 is 16.3. The normalized spacial score (nSPS) is 47.1. The van der Waals surface area contributed by atoms with Gasteiger partial charge < -0.3 is 14.2 Å². The highest BCUT2D eigenvalue weighted by atomic mass is 16.7. The van der Waals surface area contributed by atoms with Crippen LogP contribution in [0.2, 0.25) is 0 Å². The Balaban J connectivity index is 2.03. The Morgan fingerprint density at radius 1 is 1.36 bits per heavy atom. The van der Waals surface area contributed by atoms with Crippen LogP contribution in [0, 0.1) is 17.8 Å². The van der Waals surface area contributed by atoms with Crippen molar-refractivity contribution in [3.8, 4) is 0 Å². The fraction of sp³-hybridized carbons (Fsp3) is 0.900. The van der Waals surface area contributed by atoms with Crippen LogP contribution in [0.3, 0.4) is 0 Å². The lowest BCUT2D eigenvalue weighted by atomic mass is 9.90. The van der Waals surface area contributed by atoms with Gasteiger partial charge in [0.25, 0.3) is 0 Å². The third-order valence-electron chi connectivity index (χ3n) is 4.13. The lowest BCUT2D eigenvalue weighted by Gasteiger charge is -2.30. The number of fused-ring (bicyclic) bond motifs is 1. The molecule has 4 nitrogen and oxygen atoms in total. The van der Waals surface area contributed by atoms with Crippen molar-refractivity contribution in [2.75, 3.05) is 14.2 Å². The molecule has 0 amide bonds. The van der Waals surface area contributed by atoms with E-state index < -0.39 is 5.79 Å². The van der Waals surface area contributed by atoms with Gasteiger partial charge in [0, 0.05) is 20.1 Å². The van der Waals surface area contributed by atoms with E-state index in [1.807, 2.05) is 0 Å². The molecule has 0 aromatic rings. The van der Waals surface area contributed by atoms with Gasteiger partial charge in [-0.05, 0) is 12.8 Å². The Hall–Kier alpha value is -0.610. The van der Waals surface area contributed by atoms with E-state index in [0.717, 1.165) is 12.8 Å². The van der Waals surface area contributed by atoms with Crippen LogP contribution in [-0.2, 0) is 19.0 Å². The number of hydrogen-bond acceptors (Lipinski definition) is 4. The Bertz CT molecular complexity index is 284. The largest absolute Gasteiger partial charge is 0.462 e. The molecular weight excluding hydrogens is 184 g/mol. The van der Waals surface area contributed by atoms with Gasteiger partial charge in [-0.2, -0.15) is 0 Å². The average molecular weight is 198 g/mol. The highest BCUT2D eigenvalue weighted by Gasteiger charge is 2.71. The van der Waals surface area contributed by atoms with Crippen LogP contribution >= 0.6 is 0 Å². The summed E-state index contributed by atoms with van der Waals surface area (Å²) >= 11 is 0. The summed E-state index contributed by atoms with van der Waals surface area (Å²) in [5.41, 5.74) is 0. The summed E-state index contributed by atoms with van der Waals surface area (Å²) in [4.78, 5) is 11.5. The highest BCUT2D eigenvalue weighted by Crippen LogP contribution is 2.61. The second-order valence-electron chi connectivity index (χ2n) is 4.41. The standard InChI is InChI=1S/C10H14O4/c1-12-10(13-2)5-3-6-8(10)7(4-5)14-9(6)11/h5-8H,3-4H2,1-2H3/t5-,6-,7-,8-/m1/s1. The zero-order valence-corrected chi connectivity index (χ0v) is 8.36. The third kappa shape index (κ3) is 0.718. The van der Waals surface area contributed by atoms with E-state index >= 15 is 0 Å². The van der Waals surface area contributed by atoms with E-state index in [1.54, 1.807) is 14.2 Å². The minimum absolute atomic E-state index is 0.0126. The summed E-state index contributed by atoms with van der Waals surface area (Å²) in [7, 11) is 3.31. The molecule has 0 spiro atoms. The Morgan fingerprint density at radius 3 is 2.57 bits per heavy atom. The lowest BCUT2D eigenvalue weighted by Crippen LogP contribution is -2.40. The molecule has 0 radical (unpaired) electrons. The second kappa shape index (κ2) is 2.49. The zero-order chi connectivity index (χ0) is 9.92. The maximum absolute atomic E-state index is 11.5. The number of carbonyl (C=O) groups is 1. The van der Waals surface area contributed by atoms with E-state index in [2.05, 4.69) is 0 Å². The minimum Gasteiger partial charge on any atom is -0.462 e. The molecule has 3 aliphatic rings. The van der Waals surface area contributed by atoms with Crippen molar-refractivity contribution in [1.82, 2.24) is 0 Å².